The van der Waals surface area contributed by atoms with Gasteiger partial charge in [-0.2, -0.15) is 0 Å². The molecule has 7 nitrogen and oxygen atoms in total. The number of amides is 1. The molecule has 3 N–H and O–H groups in total. The maximum Gasteiger partial charge on any atom is 0.411 e. The number of nitrogens with one attached hydrogen (secondary N) is 2. The maximum absolute atomic E-state index is 14.4. The smallest absolute Gasteiger partial charge is 0.411 e. The highest BCUT2D eigenvalue weighted by Crippen LogP contribution is 2.29. The number of halogens is 2. The molecule has 0 aromatic heterocycles. The van der Waals surface area contributed by atoms with Crippen LogP contribution in [0.15, 0.2) is 58.9 Å². The molecular weight excluding hydrogens is 401 g/mol. The van der Waals surface area contributed by atoms with Crippen LogP contribution in [-0.2, 0) is 9.53 Å². The predicted octanol–water partition coefficient (Wildman–Crippen LogP) is 3.78. The molecule has 0 saturated carbocycles. The summed E-state index contributed by atoms with van der Waals surface area (Å²) in [7, 11) is 0. The number of hydrogen-bond donors (Lipinski definition) is 3. The zero-order chi connectivity index (χ0) is 21.0. The third kappa shape index (κ3) is 4.55. The molecule has 1 aliphatic heterocycles. The van der Waals surface area contributed by atoms with Gasteiger partial charge in [0.2, 0.25) is 0 Å². The van der Waals surface area contributed by atoms with Gasteiger partial charge >= 0.3 is 12.1 Å². The third-order valence-electron chi connectivity index (χ3n) is 4.06. The van der Waals surface area contributed by atoms with Crippen LogP contribution in [0.2, 0.25) is 5.02 Å². The van der Waals surface area contributed by atoms with Crippen LogP contribution in [0.5, 0.6) is 0 Å². The Balaban J connectivity index is 2.14. The van der Waals surface area contributed by atoms with Crippen LogP contribution in [0.1, 0.15) is 18.1 Å². The number of benzodiazepines with no additional fused rings is 1. The van der Waals surface area contributed by atoms with Crippen molar-refractivity contribution in [3.05, 3.63) is 75.8 Å². The van der Waals surface area contributed by atoms with Gasteiger partial charge < -0.3 is 15.2 Å². The second-order valence-electron chi connectivity index (χ2n) is 5.96. The number of alkyl carbamates (subject to hydrolysis) is 1. The molecule has 0 atom stereocenters. The van der Waals surface area contributed by atoms with Crippen LogP contribution in [0.3, 0.4) is 0 Å². The summed E-state index contributed by atoms with van der Waals surface area (Å²) in [5.74, 6) is -1.85. The zero-order valence-corrected chi connectivity index (χ0v) is 16.1. The van der Waals surface area contributed by atoms with Crippen molar-refractivity contribution in [1.82, 2.24) is 5.32 Å². The average Bonchev–Trinajstić information content (AvgIpc) is 2.86. The Hall–Kier alpha value is -3.39. The van der Waals surface area contributed by atoms with Gasteiger partial charge in [0.1, 0.15) is 5.82 Å². The number of aliphatic carboxylic acids is 1. The van der Waals surface area contributed by atoms with Gasteiger partial charge in [-0.25, -0.2) is 14.0 Å². The lowest BCUT2D eigenvalue weighted by atomic mass is 10.00. The van der Waals surface area contributed by atoms with Crippen molar-refractivity contribution in [2.75, 3.05) is 18.5 Å². The quantitative estimate of drug-likeness (QED) is 0.657. The fraction of sp³-hybridized carbons (Fsp3) is 0.150. The van der Waals surface area contributed by atoms with E-state index in [1.807, 2.05) is 0 Å². The minimum Gasteiger partial charge on any atom is -0.477 e. The van der Waals surface area contributed by atoms with Crippen molar-refractivity contribution in [2.45, 2.75) is 6.92 Å². The monoisotopic (exact) mass is 417 g/mol. The molecule has 0 unspecified atom stereocenters. The fourth-order valence-electron chi connectivity index (χ4n) is 2.82. The Morgan fingerprint density at radius 3 is 2.72 bits per heavy atom. The molecule has 29 heavy (non-hydrogen) atoms. The van der Waals surface area contributed by atoms with Crippen LogP contribution in [-0.4, -0.2) is 36.0 Å². The number of fused-ring (bicyclic) bond motifs is 1. The standard InChI is InChI=1S/C20H17ClFN3O4/c1-2-29-20(28)25-18(19(26)27)16-10-23-17(12-5-3-4-6-14(12)22)13-9-11(21)7-8-15(13)24-16/h3-9,24H,2,10H2,1H3,(H,25,28)(H,26,27)/b18-16+. The predicted molar refractivity (Wildman–Crippen MR) is 107 cm³/mol. The van der Waals surface area contributed by atoms with E-state index in [2.05, 4.69) is 15.6 Å². The number of carbonyl (C=O) groups is 2. The van der Waals surface area contributed by atoms with Gasteiger partial charge in [-0.05, 0) is 37.3 Å². The Morgan fingerprint density at radius 1 is 1.28 bits per heavy atom. The van der Waals surface area contributed by atoms with Crippen molar-refractivity contribution in [3.63, 3.8) is 0 Å². The van der Waals surface area contributed by atoms with Gasteiger partial charge in [0.05, 0.1) is 24.6 Å². The molecule has 2 aromatic rings. The Bertz CT molecular complexity index is 1040. The molecule has 0 fully saturated rings. The number of ether oxygens (including phenoxy) is 1. The lowest BCUT2D eigenvalue weighted by molar-refractivity contribution is -0.133. The van der Waals surface area contributed by atoms with Crippen LogP contribution in [0.4, 0.5) is 14.9 Å². The summed E-state index contributed by atoms with van der Waals surface area (Å²) in [5.41, 5.74) is 1.22. The van der Waals surface area contributed by atoms with Crippen molar-refractivity contribution >= 4 is 35.1 Å². The molecule has 150 valence electrons. The summed E-state index contributed by atoms with van der Waals surface area (Å²) in [6, 6.07) is 11.0. The van der Waals surface area contributed by atoms with E-state index < -0.39 is 23.6 Å². The lowest BCUT2D eigenvalue weighted by Crippen LogP contribution is -2.31. The highest BCUT2D eigenvalue weighted by Gasteiger charge is 2.24. The van der Waals surface area contributed by atoms with Gasteiger partial charge in [0.25, 0.3) is 0 Å². The first-order valence-electron chi connectivity index (χ1n) is 8.67. The summed E-state index contributed by atoms with van der Waals surface area (Å²) in [5, 5.41) is 15.1. The van der Waals surface area contributed by atoms with E-state index in [1.54, 1.807) is 43.3 Å². The minimum atomic E-state index is -1.37. The molecule has 1 amide bonds. The number of anilines is 1. The molecule has 0 spiro atoms. The first-order chi connectivity index (χ1) is 13.9. The maximum atomic E-state index is 14.4. The lowest BCUT2D eigenvalue weighted by Gasteiger charge is -2.14. The summed E-state index contributed by atoms with van der Waals surface area (Å²) in [6.07, 6.45) is -0.905. The normalized spacial score (nSPS) is 14.7. The molecule has 2 aromatic carbocycles. The molecule has 0 saturated heterocycles. The molecule has 0 aliphatic carbocycles. The number of aliphatic imine (C=N–C) groups is 1. The third-order valence-corrected chi connectivity index (χ3v) is 4.30. The van der Waals surface area contributed by atoms with Crippen molar-refractivity contribution in [1.29, 1.82) is 0 Å². The van der Waals surface area contributed by atoms with E-state index in [0.717, 1.165) is 0 Å². The summed E-state index contributed by atoms with van der Waals surface area (Å²) < 4.78 is 19.2. The van der Waals surface area contributed by atoms with Crippen molar-refractivity contribution in [3.8, 4) is 0 Å². The number of benzene rings is 2. The first kappa shape index (κ1) is 20.3. The van der Waals surface area contributed by atoms with E-state index in [1.165, 1.54) is 6.07 Å². The van der Waals surface area contributed by atoms with E-state index >= 15 is 0 Å². The number of carbonyl (C=O) groups excluding carboxylic acids is 1. The highest BCUT2D eigenvalue weighted by molar-refractivity contribution is 6.31. The molecule has 1 heterocycles. The number of carboxylic acids is 1. The first-order valence-corrected chi connectivity index (χ1v) is 9.05. The minimum absolute atomic E-state index is 0.0818. The van der Waals surface area contributed by atoms with Gasteiger partial charge in [-0.3, -0.25) is 10.3 Å². The van der Waals surface area contributed by atoms with Crippen molar-refractivity contribution < 1.29 is 23.8 Å². The summed E-state index contributed by atoms with van der Waals surface area (Å²) >= 11 is 6.12. The SMILES string of the molecule is CCOC(=O)N/C(C(=O)O)=C1\CN=C(c2ccccc2F)c2cc(Cl)ccc2N1. The van der Waals surface area contributed by atoms with Crippen LogP contribution < -0.4 is 10.6 Å². The molecule has 1 aliphatic rings. The average molecular weight is 418 g/mol. The molecule has 3 rings (SSSR count). The second-order valence-corrected chi connectivity index (χ2v) is 6.40. The fourth-order valence-corrected chi connectivity index (χ4v) is 2.99. The topological polar surface area (TPSA) is 100 Å². The van der Waals surface area contributed by atoms with Gasteiger partial charge in [-0.15, -0.1) is 0 Å². The number of carboxylic acid groups (broad SMARTS) is 1. The van der Waals surface area contributed by atoms with Gasteiger partial charge in [0.15, 0.2) is 5.70 Å². The van der Waals surface area contributed by atoms with E-state index in [4.69, 9.17) is 16.3 Å². The van der Waals surface area contributed by atoms with Crippen molar-refractivity contribution in [2.24, 2.45) is 4.99 Å². The zero-order valence-electron chi connectivity index (χ0n) is 15.3. The van der Waals surface area contributed by atoms with E-state index in [0.29, 0.717) is 22.0 Å². The number of nitrogens with zero attached hydrogens (tertiary/aromatic N) is 1. The Kier molecular flexibility index (Phi) is 6.13. The molecular formula is C20H17ClFN3O4. The molecule has 0 radical (unpaired) electrons. The van der Waals surface area contributed by atoms with Crippen LogP contribution in [0.25, 0.3) is 0 Å². The van der Waals surface area contributed by atoms with E-state index in [-0.39, 0.29) is 24.4 Å². The van der Waals surface area contributed by atoms with Crippen LogP contribution >= 0.6 is 11.6 Å². The Labute approximate surface area is 170 Å². The molecule has 9 heteroatoms. The van der Waals surface area contributed by atoms with Gasteiger partial charge in [-0.1, -0.05) is 23.7 Å². The second kappa shape index (κ2) is 8.74. The van der Waals surface area contributed by atoms with Crippen LogP contribution in [0, 0.1) is 5.82 Å². The summed E-state index contributed by atoms with van der Waals surface area (Å²) in [6.45, 7) is 1.53. The highest BCUT2D eigenvalue weighted by atomic mass is 35.5. The number of rotatable bonds is 4. The van der Waals surface area contributed by atoms with E-state index in [9.17, 15) is 19.1 Å². The van der Waals surface area contributed by atoms with Gasteiger partial charge in [0, 0.05) is 21.8 Å². The number of hydrogen-bond acceptors (Lipinski definition) is 5. The largest absolute Gasteiger partial charge is 0.477 e. The molecule has 0 bridgehead atoms. The Morgan fingerprint density at radius 2 is 2.03 bits per heavy atom. The summed E-state index contributed by atoms with van der Waals surface area (Å²) in [4.78, 5) is 27.9.